The van der Waals surface area contributed by atoms with Gasteiger partial charge in [0.05, 0.1) is 5.56 Å². The van der Waals surface area contributed by atoms with Crippen LogP contribution in [0.2, 0.25) is 0 Å². The second kappa shape index (κ2) is 4.84. The number of benzene rings is 1. The monoisotopic (exact) mass is 279 g/mol. The Morgan fingerprint density at radius 1 is 1.30 bits per heavy atom. The highest BCUT2D eigenvalue weighted by molar-refractivity contribution is 5.86. The zero-order chi connectivity index (χ0) is 14.1. The third kappa shape index (κ3) is 2.07. The third-order valence-corrected chi connectivity index (χ3v) is 2.85. The SMILES string of the molecule is O=C(O)c1cc(-c2cc(CF)cc3c2OCCO3)no1. The third-order valence-electron chi connectivity index (χ3n) is 2.85. The standard InChI is InChI=1S/C13H10FNO5/c14-6-7-3-8(9-5-11(13(16)17)20-15-9)12-10(4-7)18-1-2-19-12/h3-5H,1-2,6H2,(H,16,17). The van der Waals surface area contributed by atoms with Crippen molar-refractivity contribution in [1.29, 1.82) is 0 Å². The summed E-state index contributed by atoms with van der Waals surface area (Å²) in [7, 11) is 0. The Morgan fingerprint density at radius 2 is 2.10 bits per heavy atom. The minimum absolute atomic E-state index is 0.263. The van der Waals surface area contributed by atoms with Gasteiger partial charge in [0.15, 0.2) is 11.5 Å². The summed E-state index contributed by atoms with van der Waals surface area (Å²) >= 11 is 0. The summed E-state index contributed by atoms with van der Waals surface area (Å²) in [5, 5.41) is 12.5. The zero-order valence-corrected chi connectivity index (χ0v) is 10.3. The van der Waals surface area contributed by atoms with Crippen molar-refractivity contribution in [3.8, 4) is 22.8 Å². The van der Waals surface area contributed by atoms with E-state index in [0.29, 0.717) is 35.8 Å². The van der Waals surface area contributed by atoms with Crippen LogP contribution in [-0.4, -0.2) is 29.4 Å². The van der Waals surface area contributed by atoms with E-state index in [4.69, 9.17) is 19.1 Å². The largest absolute Gasteiger partial charge is 0.486 e. The van der Waals surface area contributed by atoms with Gasteiger partial charge in [0.1, 0.15) is 25.6 Å². The van der Waals surface area contributed by atoms with Crippen LogP contribution in [-0.2, 0) is 6.67 Å². The Bertz CT molecular complexity index is 667. The number of alkyl halides is 1. The molecule has 1 N–H and O–H groups in total. The van der Waals surface area contributed by atoms with Gasteiger partial charge >= 0.3 is 5.97 Å². The topological polar surface area (TPSA) is 81.8 Å². The summed E-state index contributed by atoms with van der Waals surface area (Å²) in [5.41, 5.74) is 1.11. The maximum absolute atomic E-state index is 12.9. The number of carbonyl (C=O) groups is 1. The maximum Gasteiger partial charge on any atom is 0.374 e. The van der Waals surface area contributed by atoms with Crippen LogP contribution in [0.1, 0.15) is 16.1 Å². The molecule has 1 aromatic heterocycles. The van der Waals surface area contributed by atoms with Crippen molar-refractivity contribution in [2.75, 3.05) is 13.2 Å². The molecule has 0 atom stereocenters. The molecular formula is C13H10FNO5. The molecule has 2 heterocycles. The number of rotatable bonds is 3. The number of hydrogen-bond acceptors (Lipinski definition) is 5. The minimum atomic E-state index is -1.23. The second-order valence-corrected chi connectivity index (χ2v) is 4.18. The van der Waals surface area contributed by atoms with Gasteiger partial charge in [-0.25, -0.2) is 9.18 Å². The van der Waals surface area contributed by atoms with Crippen molar-refractivity contribution in [3.05, 3.63) is 29.5 Å². The van der Waals surface area contributed by atoms with E-state index in [1.54, 1.807) is 6.07 Å². The molecule has 0 saturated heterocycles. The molecule has 1 aliphatic heterocycles. The predicted molar refractivity (Wildman–Crippen MR) is 64.7 cm³/mol. The van der Waals surface area contributed by atoms with Crippen molar-refractivity contribution in [2.24, 2.45) is 0 Å². The quantitative estimate of drug-likeness (QED) is 0.928. The first-order valence-electron chi connectivity index (χ1n) is 5.88. The number of carboxylic acids is 1. The maximum atomic E-state index is 12.9. The smallest absolute Gasteiger partial charge is 0.374 e. The molecule has 1 aliphatic rings. The summed E-state index contributed by atoms with van der Waals surface area (Å²) in [5.74, 6) is -0.687. The summed E-state index contributed by atoms with van der Waals surface area (Å²) in [4.78, 5) is 10.8. The van der Waals surface area contributed by atoms with Gasteiger partial charge < -0.3 is 19.1 Å². The van der Waals surface area contributed by atoms with E-state index in [1.807, 2.05) is 0 Å². The lowest BCUT2D eigenvalue weighted by atomic mass is 10.1. The summed E-state index contributed by atoms with van der Waals surface area (Å²) in [6.07, 6.45) is 0. The molecule has 2 aromatic rings. The summed E-state index contributed by atoms with van der Waals surface area (Å²) in [6, 6.07) is 4.35. The predicted octanol–water partition coefficient (Wildman–Crippen LogP) is 2.28. The fourth-order valence-corrected chi connectivity index (χ4v) is 1.98. The molecule has 20 heavy (non-hydrogen) atoms. The molecule has 104 valence electrons. The zero-order valence-electron chi connectivity index (χ0n) is 10.3. The first-order chi connectivity index (χ1) is 9.69. The first kappa shape index (κ1) is 12.5. The molecule has 3 rings (SSSR count). The van der Waals surface area contributed by atoms with Gasteiger partial charge in [-0.2, -0.15) is 0 Å². The van der Waals surface area contributed by atoms with E-state index in [-0.39, 0.29) is 11.5 Å². The first-order valence-corrected chi connectivity index (χ1v) is 5.88. The molecule has 0 aliphatic carbocycles. The van der Waals surface area contributed by atoms with Crippen LogP contribution >= 0.6 is 0 Å². The minimum Gasteiger partial charge on any atom is -0.486 e. The summed E-state index contributed by atoms with van der Waals surface area (Å²) < 4.78 is 28.5. The van der Waals surface area contributed by atoms with Gasteiger partial charge in [-0.15, -0.1) is 0 Å². The Kier molecular flexibility index (Phi) is 3.02. The van der Waals surface area contributed by atoms with Crippen LogP contribution in [0, 0.1) is 0 Å². The highest BCUT2D eigenvalue weighted by Gasteiger charge is 2.22. The van der Waals surface area contributed by atoms with Crippen LogP contribution in [0.4, 0.5) is 4.39 Å². The van der Waals surface area contributed by atoms with Crippen LogP contribution in [0.15, 0.2) is 22.7 Å². The van der Waals surface area contributed by atoms with Crippen molar-refractivity contribution >= 4 is 5.97 Å². The molecule has 0 bridgehead atoms. The molecule has 1 aromatic carbocycles. The Hall–Kier alpha value is -2.57. The normalized spacial score (nSPS) is 13.2. The average molecular weight is 279 g/mol. The number of aromatic nitrogens is 1. The van der Waals surface area contributed by atoms with Gasteiger partial charge in [0, 0.05) is 6.07 Å². The van der Waals surface area contributed by atoms with E-state index in [2.05, 4.69) is 5.16 Å². The molecule has 0 saturated carbocycles. The van der Waals surface area contributed by atoms with Gasteiger partial charge in [-0.1, -0.05) is 5.16 Å². The van der Waals surface area contributed by atoms with E-state index in [0.717, 1.165) is 0 Å². The average Bonchev–Trinajstić information content (AvgIpc) is 2.96. The van der Waals surface area contributed by atoms with Gasteiger partial charge in [-0.05, 0) is 17.7 Å². The van der Waals surface area contributed by atoms with E-state index in [1.165, 1.54) is 12.1 Å². The molecule has 7 heteroatoms. The van der Waals surface area contributed by atoms with Crippen molar-refractivity contribution in [1.82, 2.24) is 5.16 Å². The van der Waals surface area contributed by atoms with Crippen LogP contribution in [0.5, 0.6) is 11.5 Å². The van der Waals surface area contributed by atoms with Crippen molar-refractivity contribution in [2.45, 2.75) is 6.67 Å². The lowest BCUT2D eigenvalue weighted by Gasteiger charge is -2.21. The fourth-order valence-electron chi connectivity index (χ4n) is 1.98. The Morgan fingerprint density at radius 3 is 2.80 bits per heavy atom. The van der Waals surface area contributed by atoms with Gasteiger partial charge in [0.25, 0.3) is 0 Å². The van der Waals surface area contributed by atoms with Gasteiger partial charge in [-0.3, -0.25) is 0 Å². The molecule has 0 spiro atoms. The molecular weight excluding hydrogens is 269 g/mol. The molecule has 0 fully saturated rings. The van der Waals surface area contributed by atoms with Crippen LogP contribution in [0.3, 0.4) is 0 Å². The number of hydrogen-bond donors (Lipinski definition) is 1. The second-order valence-electron chi connectivity index (χ2n) is 4.18. The molecule has 0 unspecified atom stereocenters. The van der Waals surface area contributed by atoms with Crippen LogP contribution in [0.25, 0.3) is 11.3 Å². The fraction of sp³-hybridized carbons (Fsp3) is 0.231. The van der Waals surface area contributed by atoms with E-state index < -0.39 is 12.6 Å². The molecule has 0 amide bonds. The van der Waals surface area contributed by atoms with E-state index >= 15 is 0 Å². The number of aromatic carboxylic acids is 1. The number of halogens is 1. The van der Waals surface area contributed by atoms with Crippen LogP contribution < -0.4 is 9.47 Å². The molecule has 0 radical (unpaired) electrons. The van der Waals surface area contributed by atoms with Gasteiger partial charge in [0.2, 0.25) is 5.76 Å². The highest BCUT2D eigenvalue weighted by Crippen LogP contribution is 2.41. The highest BCUT2D eigenvalue weighted by atomic mass is 19.1. The Labute approximate surface area is 112 Å². The van der Waals surface area contributed by atoms with Crippen molar-refractivity contribution in [3.63, 3.8) is 0 Å². The van der Waals surface area contributed by atoms with Crippen molar-refractivity contribution < 1.29 is 28.3 Å². The lowest BCUT2D eigenvalue weighted by molar-refractivity contribution is 0.0652. The summed E-state index contributed by atoms with van der Waals surface area (Å²) in [6.45, 7) is 0.0628. The number of nitrogens with zero attached hydrogens (tertiary/aromatic N) is 1. The molecule has 6 nitrogen and oxygen atoms in total. The number of ether oxygens (including phenoxy) is 2. The number of fused-ring (bicyclic) bond motifs is 1. The van der Waals surface area contributed by atoms with E-state index in [9.17, 15) is 9.18 Å². The Balaban J connectivity index is 2.13. The number of carboxylic acid groups (broad SMARTS) is 1. The lowest BCUT2D eigenvalue weighted by Crippen LogP contribution is -2.16.